The summed E-state index contributed by atoms with van der Waals surface area (Å²) < 4.78 is 0. The molecule has 1 aliphatic heterocycles. The molecule has 2 aromatic carbocycles. The van der Waals surface area contributed by atoms with Crippen LogP contribution in [-0.2, 0) is 16.9 Å². The van der Waals surface area contributed by atoms with E-state index in [0.29, 0.717) is 18.7 Å². The van der Waals surface area contributed by atoms with E-state index in [1.165, 1.54) is 12.8 Å². The Kier molecular flexibility index (Phi) is 7.01. The standard InChI is InChI=1S/C23H30N4O2/c1-23(24,20-7-3-2-4-8-20)22(29)26-17-18-9-11-19(12-10-18)21(28)25-13-16-27-14-5-6-15-27/h2-4,7-12H,5-6,13-17,24H2,1H3,(H,25,28)(H,26,29). The summed E-state index contributed by atoms with van der Waals surface area (Å²) in [5, 5.41) is 5.85. The van der Waals surface area contributed by atoms with Crippen LogP contribution in [0.5, 0.6) is 0 Å². The molecule has 1 aliphatic rings. The average Bonchev–Trinajstić information content (AvgIpc) is 3.26. The van der Waals surface area contributed by atoms with Crippen molar-refractivity contribution in [2.24, 2.45) is 5.73 Å². The Morgan fingerprint density at radius 3 is 2.31 bits per heavy atom. The zero-order chi connectivity index (χ0) is 20.7. The molecule has 1 saturated heterocycles. The number of benzene rings is 2. The Bertz CT molecular complexity index is 813. The fraction of sp³-hybridized carbons (Fsp3) is 0.391. The van der Waals surface area contributed by atoms with Crippen LogP contribution in [0.1, 0.15) is 41.3 Å². The molecule has 0 radical (unpaired) electrons. The molecule has 0 saturated carbocycles. The van der Waals surface area contributed by atoms with E-state index in [9.17, 15) is 9.59 Å². The second-order valence-electron chi connectivity index (χ2n) is 7.75. The highest BCUT2D eigenvalue weighted by molar-refractivity contribution is 5.94. The van der Waals surface area contributed by atoms with Crippen molar-refractivity contribution in [3.63, 3.8) is 0 Å². The molecule has 2 amide bonds. The van der Waals surface area contributed by atoms with Crippen LogP contribution in [0.3, 0.4) is 0 Å². The van der Waals surface area contributed by atoms with Crippen molar-refractivity contribution in [1.82, 2.24) is 15.5 Å². The third kappa shape index (κ3) is 5.65. The summed E-state index contributed by atoms with van der Waals surface area (Å²) in [6, 6.07) is 16.6. The van der Waals surface area contributed by atoms with Crippen LogP contribution < -0.4 is 16.4 Å². The number of rotatable bonds is 8. The molecule has 154 valence electrons. The Balaban J connectivity index is 1.47. The topological polar surface area (TPSA) is 87.5 Å². The quantitative estimate of drug-likeness (QED) is 0.639. The predicted molar refractivity (Wildman–Crippen MR) is 114 cm³/mol. The van der Waals surface area contributed by atoms with Gasteiger partial charge in [0.2, 0.25) is 5.91 Å². The molecular formula is C23H30N4O2. The van der Waals surface area contributed by atoms with Gasteiger partial charge in [-0.3, -0.25) is 9.59 Å². The Hall–Kier alpha value is -2.70. The number of likely N-dealkylation sites (tertiary alicyclic amines) is 1. The van der Waals surface area contributed by atoms with E-state index >= 15 is 0 Å². The van der Waals surface area contributed by atoms with Crippen molar-refractivity contribution in [2.45, 2.75) is 31.8 Å². The van der Waals surface area contributed by atoms with Crippen LogP contribution in [-0.4, -0.2) is 42.9 Å². The van der Waals surface area contributed by atoms with Gasteiger partial charge in [-0.05, 0) is 56.1 Å². The number of hydrogen-bond donors (Lipinski definition) is 3. The van der Waals surface area contributed by atoms with Crippen molar-refractivity contribution in [2.75, 3.05) is 26.2 Å². The summed E-state index contributed by atoms with van der Waals surface area (Å²) >= 11 is 0. The normalized spacial score (nSPS) is 16.2. The molecule has 0 aromatic heterocycles. The molecule has 0 bridgehead atoms. The minimum absolute atomic E-state index is 0.0709. The lowest BCUT2D eigenvalue weighted by molar-refractivity contribution is -0.126. The lowest BCUT2D eigenvalue weighted by Gasteiger charge is -2.24. The smallest absolute Gasteiger partial charge is 0.251 e. The third-order valence-electron chi connectivity index (χ3n) is 5.43. The summed E-state index contributed by atoms with van der Waals surface area (Å²) in [5.74, 6) is -0.314. The van der Waals surface area contributed by atoms with E-state index in [-0.39, 0.29) is 11.8 Å². The van der Waals surface area contributed by atoms with Crippen LogP contribution in [0, 0.1) is 0 Å². The van der Waals surface area contributed by atoms with Crippen molar-refractivity contribution >= 4 is 11.8 Å². The lowest BCUT2D eigenvalue weighted by Crippen LogP contribution is -2.48. The van der Waals surface area contributed by atoms with Gasteiger partial charge in [-0.2, -0.15) is 0 Å². The summed E-state index contributed by atoms with van der Waals surface area (Å²) in [6.45, 7) is 5.87. The molecule has 6 heteroatoms. The van der Waals surface area contributed by atoms with E-state index in [0.717, 1.165) is 30.8 Å². The van der Waals surface area contributed by atoms with E-state index in [2.05, 4.69) is 15.5 Å². The summed E-state index contributed by atoms with van der Waals surface area (Å²) in [7, 11) is 0. The van der Waals surface area contributed by atoms with Crippen LogP contribution >= 0.6 is 0 Å². The minimum atomic E-state index is -1.10. The van der Waals surface area contributed by atoms with E-state index in [1.54, 1.807) is 19.1 Å². The third-order valence-corrected chi connectivity index (χ3v) is 5.43. The van der Waals surface area contributed by atoms with Gasteiger partial charge in [-0.25, -0.2) is 0 Å². The molecule has 0 spiro atoms. The van der Waals surface area contributed by atoms with Gasteiger partial charge >= 0.3 is 0 Å². The highest BCUT2D eigenvalue weighted by Crippen LogP contribution is 2.17. The number of amides is 2. The zero-order valence-electron chi connectivity index (χ0n) is 17.0. The Labute approximate surface area is 172 Å². The number of carbonyl (C=O) groups excluding carboxylic acids is 2. The minimum Gasteiger partial charge on any atom is -0.351 e. The first-order valence-electron chi connectivity index (χ1n) is 10.2. The molecule has 1 unspecified atom stereocenters. The zero-order valence-corrected chi connectivity index (χ0v) is 17.0. The van der Waals surface area contributed by atoms with Crippen LogP contribution in [0.4, 0.5) is 0 Å². The van der Waals surface area contributed by atoms with Gasteiger partial charge < -0.3 is 21.3 Å². The van der Waals surface area contributed by atoms with Gasteiger partial charge in [0, 0.05) is 25.2 Å². The molecule has 1 fully saturated rings. The van der Waals surface area contributed by atoms with Gasteiger partial charge in [-0.15, -0.1) is 0 Å². The summed E-state index contributed by atoms with van der Waals surface area (Å²) in [6.07, 6.45) is 2.50. The van der Waals surface area contributed by atoms with Crippen LogP contribution in [0.15, 0.2) is 54.6 Å². The SMILES string of the molecule is CC(N)(C(=O)NCc1ccc(C(=O)NCCN2CCCC2)cc1)c1ccccc1. The molecule has 0 aliphatic carbocycles. The van der Waals surface area contributed by atoms with Gasteiger partial charge in [0.15, 0.2) is 0 Å². The first kappa shape index (κ1) is 21.0. The second kappa shape index (κ2) is 9.67. The molecule has 3 rings (SSSR count). The van der Waals surface area contributed by atoms with Crippen LogP contribution in [0.2, 0.25) is 0 Å². The predicted octanol–water partition coefficient (Wildman–Crippen LogP) is 2.00. The number of hydrogen-bond acceptors (Lipinski definition) is 4. The Morgan fingerprint density at radius 2 is 1.66 bits per heavy atom. The van der Waals surface area contributed by atoms with Crippen LogP contribution in [0.25, 0.3) is 0 Å². The summed E-state index contributed by atoms with van der Waals surface area (Å²) in [4.78, 5) is 27.2. The number of nitrogens with one attached hydrogen (secondary N) is 2. The maximum atomic E-state index is 12.5. The molecule has 29 heavy (non-hydrogen) atoms. The van der Waals surface area contributed by atoms with Crippen molar-refractivity contribution in [3.8, 4) is 0 Å². The first-order valence-corrected chi connectivity index (χ1v) is 10.2. The van der Waals surface area contributed by atoms with E-state index in [1.807, 2.05) is 42.5 Å². The Morgan fingerprint density at radius 1 is 1.00 bits per heavy atom. The fourth-order valence-electron chi connectivity index (χ4n) is 3.49. The molecule has 6 nitrogen and oxygen atoms in total. The molecule has 2 aromatic rings. The van der Waals surface area contributed by atoms with Gasteiger partial charge in [0.1, 0.15) is 5.54 Å². The molecular weight excluding hydrogens is 364 g/mol. The van der Waals surface area contributed by atoms with Gasteiger partial charge in [0.05, 0.1) is 0 Å². The average molecular weight is 395 g/mol. The highest BCUT2D eigenvalue weighted by atomic mass is 16.2. The molecule has 4 N–H and O–H groups in total. The number of nitrogens with zero attached hydrogens (tertiary/aromatic N) is 1. The first-order chi connectivity index (χ1) is 14.0. The largest absolute Gasteiger partial charge is 0.351 e. The van der Waals surface area contributed by atoms with Crippen molar-refractivity contribution < 1.29 is 9.59 Å². The maximum Gasteiger partial charge on any atom is 0.251 e. The lowest BCUT2D eigenvalue weighted by atomic mass is 9.92. The molecule has 1 heterocycles. The highest BCUT2D eigenvalue weighted by Gasteiger charge is 2.29. The van der Waals surface area contributed by atoms with Crippen molar-refractivity contribution in [1.29, 1.82) is 0 Å². The van der Waals surface area contributed by atoms with E-state index < -0.39 is 5.54 Å². The number of nitrogens with two attached hydrogens (primary N) is 1. The van der Waals surface area contributed by atoms with E-state index in [4.69, 9.17) is 5.73 Å². The van der Waals surface area contributed by atoms with Gasteiger partial charge in [-0.1, -0.05) is 42.5 Å². The molecule has 1 atom stereocenters. The fourth-order valence-corrected chi connectivity index (χ4v) is 3.49. The van der Waals surface area contributed by atoms with Gasteiger partial charge in [0.25, 0.3) is 5.91 Å². The maximum absolute atomic E-state index is 12.5. The summed E-state index contributed by atoms with van der Waals surface area (Å²) in [5.41, 5.74) is 7.43. The second-order valence-corrected chi connectivity index (χ2v) is 7.75. The monoisotopic (exact) mass is 394 g/mol. The van der Waals surface area contributed by atoms with Crippen molar-refractivity contribution in [3.05, 3.63) is 71.3 Å². The number of carbonyl (C=O) groups is 2.